The van der Waals surface area contributed by atoms with E-state index in [0.29, 0.717) is 27.7 Å². The molecule has 0 bridgehead atoms. The van der Waals surface area contributed by atoms with Gasteiger partial charge >= 0.3 is 5.97 Å². The zero-order chi connectivity index (χ0) is 20.4. The summed E-state index contributed by atoms with van der Waals surface area (Å²) in [5, 5.41) is 3.48. The summed E-state index contributed by atoms with van der Waals surface area (Å²) in [7, 11) is 1.32. The minimum absolute atomic E-state index is 0.196. The highest BCUT2D eigenvalue weighted by Crippen LogP contribution is 2.37. The van der Waals surface area contributed by atoms with Gasteiger partial charge in [0, 0.05) is 10.7 Å². The van der Waals surface area contributed by atoms with Crippen molar-refractivity contribution in [2.45, 2.75) is 5.92 Å². The second-order valence-corrected chi connectivity index (χ2v) is 6.99. The fourth-order valence-electron chi connectivity index (χ4n) is 3.34. The van der Waals surface area contributed by atoms with E-state index in [4.69, 9.17) is 21.3 Å². The summed E-state index contributed by atoms with van der Waals surface area (Å²) in [5.41, 5.74) is 3.88. The Morgan fingerprint density at radius 3 is 2.41 bits per heavy atom. The summed E-state index contributed by atoms with van der Waals surface area (Å²) in [6, 6.07) is 21.7. The van der Waals surface area contributed by atoms with Gasteiger partial charge in [0.15, 0.2) is 0 Å². The Bertz CT molecular complexity index is 1110. The highest BCUT2D eigenvalue weighted by atomic mass is 35.5. The van der Waals surface area contributed by atoms with E-state index < -0.39 is 11.9 Å². The van der Waals surface area contributed by atoms with Crippen LogP contribution in [-0.4, -0.2) is 24.7 Å². The van der Waals surface area contributed by atoms with E-state index >= 15 is 0 Å². The minimum atomic E-state index is -0.602. The topological polar surface area (TPSA) is 67.8 Å². The molecule has 5 nitrogen and oxygen atoms in total. The van der Waals surface area contributed by atoms with Gasteiger partial charge in [-0.2, -0.15) is 0 Å². The second kappa shape index (κ2) is 7.89. The van der Waals surface area contributed by atoms with Crippen molar-refractivity contribution in [2.24, 2.45) is 4.99 Å². The van der Waals surface area contributed by atoms with Crippen LogP contribution in [-0.2, 0) is 9.53 Å². The first kappa shape index (κ1) is 18.9. The molecule has 0 saturated carbocycles. The number of carbonyl (C=O) groups excluding carboxylic acids is 2. The SMILES string of the molecule is COC(=O)c1ccc2c(c1)NC(=O)C2C(=Nc1ccc(Cl)cc1)c1ccccc1. The summed E-state index contributed by atoms with van der Waals surface area (Å²) in [6.45, 7) is 0. The number of hydrogen-bond acceptors (Lipinski definition) is 4. The summed E-state index contributed by atoms with van der Waals surface area (Å²) in [6.07, 6.45) is 0. The first-order chi connectivity index (χ1) is 14.1. The predicted octanol–water partition coefficient (Wildman–Crippen LogP) is 4.98. The van der Waals surface area contributed by atoms with Crippen molar-refractivity contribution in [1.29, 1.82) is 0 Å². The maximum absolute atomic E-state index is 12.9. The number of ether oxygens (including phenoxy) is 1. The van der Waals surface area contributed by atoms with Crippen LogP contribution in [0.1, 0.15) is 27.4 Å². The second-order valence-electron chi connectivity index (χ2n) is 6.56. The third-order valence-corrected chi connectivity index (χ3v) is 4.98. The zero-order valence-corrected chi connectivity index (χ0v) is 16.3. The Morgan fingerprint density at radius 1 is 1.00 bits per heavy atom. The van der Waals surface area contributed by atoms with Gasteiger partial charge in [-0.3, -0.25) is 9.79 Å². The Kier molecular flexibility index (Phi) is 5.14. The molecule has 1 amide bonds. The third kappa shape index (κ3) is 3.77. The van der Waals surface area contributed by atoms with Crippen molar-refractivity contribution in [3.8, 4) is 0 Å². The number of esters is 1. The monoisotopic (exact) mass is 404 g/mol. The molecular formula is C23H17ClN2O3. The maximum atomic E-state index is 12.9. The molecule has 1 aliphatic heterocycles. The summed E-state index contributed by atoms with van der Waals surface area (Å²) >= 11 is 5.98. The lowest BCUT2D eigenvalue weighted by atomic mass is 9.90. The number of aliphatic imine (C=N–C) groups is 1. The number of nitrogens with one attached hydrogen (secondary N) is 1. The van der Waals surface area contributed by atoms with E-state index in [-0.39, 0.29) is 5.91 Å². The number of fused-ring (bicyclic) bond motifs is 1. The average molecular weight is 405 g/mol. The highest BCUT2D eigenvalue weighted by molar-refractivity contribution is 6.30. The number of methoxy groups -OCH3 is 1. The molecule has 3 aromatic rings. The molecule has 3 aromatic carbocycles. The lowest BCUT2D eigenvalue weighted by molar-refractivity contribution is -0.115. The number of rotatable bonds is 4. The molecule has 0 aromatic heterocycles. The van der Waals surface area contributed by atoms with Crippen molar-refractivity contribution in [2.75, 3.05) is 12.4 Å². The van der Waals surface area contributed by atoms with Crippen LogP contribution in [0.15, 0.2) is 77.8 Å². The fourth-order valence-corrected chi connectivity index (χ4v) is 3.46. The van der Waals surface area contributed by atoms with Gasteiger partial charge in [0.05, 0.1) is 24.1 Å². The van der Waals surface area contributed by atoms with Crippen molar-refractivity contribution in [1.82, 2.24) is 0 Å². The number of anilines is 1. The fraction of sp³-hybridized carbons (Fsp3) is 0.0870. The number of amides is 1. The summed E-state index contributed by atoms with van der Waals surface area (Å²) in [4.78, 5) is 29.5. The quantitative estimate of drug-likeness (QED) is 0.492. The van der Waals surface area contributed by atoms with Gasteiger partial charge < -0.3 is 10.1 Å². The van der Waals surface area contributed by atoms with Gasteiger partial charge in [0.2, 0.25) is 5.91 Å². The Balaban J connectivity index is 1.83. The van der Waals surface area contributed by atoms with Crippen LogP contribution in [0, 0.1) is 0 Å². The van der Waals surface area contributed by atoms with Gasteiger partial charge in [-0.1, -0.05) is 48.0 Å². The van der Waals surface area contributed by atoms with E-state index in [1.54, 1.807) is 42.5 Å². The van der Waals surface area contributed by atoms with Crippen LogP contribution in [0.25, 0.3) is 0 Å². The molecule has 0 fully saturated rings. The van der Waals surface area contributed by atoms with E-state index in [0.717, 1.165) is 11.1 Å². The van der Waals surface area contributed by atoms with Crippen LogP contribution in [0.2, 0.25) is 5.02 Å². The molecule has 1 heterocycles. The Morgan fingerprint density at radius 2 is 1.72 bits per heavy atom. The first-order valence-electron chi connectivity index (χ1n) is 8.99. The highest BCUT2D eigenvalue weighted by Gasteiger charge is 2.35. The van der Waals surface area contributed by atoms with Crippen LogP contribution < -0.4 is 5.32 Å². The molecule has 6 heteroatoms. The number of benzene rings is 3. The standard InChI is InChI=1S/C23H17ClN2O3/c1-29-23(28)15-7-12-18-19(13-15)26-22(27)20(18)21(14-5-3-2-4-6-14)25-17-10-8-16(24)9-11-17/h2-13,20H,1H3,(H,26,27). The summed E-state index contributed by atoms with van der Waals surface area (Å²) < 4.78 is 4.77. The van der Waals surface area contributed by atoms with Crippen molar-refractivity contribution in [3.05, 3.63) is 94.5 Å². The maximum Gasteiger partial charge on any atom is 0.337 e. The van der Waals surface area contributed by atoms with E-state index in [9.17, 15) is 9.59 Å². The Hall–Kier alpha value is -3.44. The number of hydrogen-bond donors (Lipinski definition) is 1. The van der Waals surface area contributed by atoms with Crippen LogP contribution in [0.3, 0.4) is 0 Å². The molecule has 0 saturated heterocycles. The van der Waals surface area contributed by atoms with Crippen LogP contribution >= 0.6 is 11.6 Å². The van der Waals surface area contributed by atoms with Crippen molar-refractivity contribution in [3.63, 3.8) is 0 Å². The van der Waals surface area contributed by atoms with E-state index in [1.807, 2.05) is 30.3 Å². The van der Waals surface area contributed by atoms with E-state index in [2.05, 4.69) is 5.32 Å². The number of carbonyl (C=O) groups is 2. The van der Waals surface area contributed by atoms with Gasteiger partial charge in [0.1, 0.15) is 5.92 Å². The normalized spacial score (nSPS) is 15.6. The average Bonchev–Trinajstić information content (AvgIpc) is 3.08. The molecule has 0 radical (unpaired) electrons. The molecule has 1 unspecified atom stereocenters. The minimum Gasteiger partial charge on any atom is -0.465 e. The van der Waals surface area contributed by atoms with Crippen LogP contribution in [0.4, 0.5) is 11.4 Å². The van der Waals surface area contributed by atoms with E-state index in [1.165, 1.54) is 7.11 Å². The summed E-state index contributed by atoms with van der Waals surface area (Å²) in [5.74, 6) is -1.25. The first-order valence-corrected chi connectivity index (χ1v) is 9.37. The molecule has 0 spiro atoms. The van der Waals surface area contributed by atoms with Crippen LogP contribution in [0.5, 0.6) is 0 Å². The molecule has 1 aliphatic rings. The molecule has 1 N–H and O–H groups in total. The molecule has 144 valence electrons. The predicted molar refractivity (Wildman–Crippen MR) is 113 cm³/mol. The largest absolute Gasteiger partial charge is 0.465 e. The Labute approximate surface area is 173 Å². The van der Waals surface area contributed by atoms with Gasteiger partial charge in [-0.25, -0.2) is 4.79 Å². The lowest BCUT2D eigenvalue weighted by Crippen LogP contribution is -2.21. The molecule has 0 aliphatic carbocycles. The molecule has 4 rings (SSSR count). The third-order valence-electron chi connectivity index (χ3n) is 4.72. The van der Waals surface area contributed by atoms with Gasteiger partial charge in [-0.05, 0) is 47.5 Å². The molecular weight excluding hydrogens is 388 g/mol. The lowest BCUT2D eigenvalue weighted by Gasteiger charge is -2.14. The van der Waals surface area contributed by atoms with Gasteiger partial charge in [0.25, 0.3) is 0 Å². The zero-order valence-electron chi connectivity index (χ0n) is 15.6. The van der Waals surface area contributed by atoms with Gasteiger partial charge in [-0.15, -0.1) is 0 Å². The smallest absolute Gasteiger partial charge is 0.337 e. The molecule has 1 atom stereocenters. The van der Waals surface area contributed by atoms with Crippen molar-refractivity contribution >= 4 is 40.6 Å². The van der Waals surface area contributed by atoms with Crippen molar-refractivity contribution < 1.29 is 14.3 Å². The number of halogens is 1. The molecule has 29 heavy (non-hydrogen) atoms. The number of nitrogens with zero attached hydrogens (tertiary/aromatic N) is 1.